The third-order valence-corrected chi connectivity index (χ3v) is 2.95. The molecule has 0 aliphatic carbocycles. The summed E-state index contributed by atoms with van der Waals surface area (Å²) in [5.41, 5.74) is 2.19. The summed E-state index contributed by atoms with van der Waals surface area (Å²) in [7, 11) is 0. The summed E-state index contributed by atoms with van der Waals surface area (Å²) in [6.45, 7) is 2.22. The Bertz CT molecular complexity index is 570. The molecule has 0 spiro atoms. The average molecular weight is 268 g/mol. The summed E-state index contributed by atoms with van der Waals surface area (Å²) >= 11 is 5.89. The average Bonchev–Trinajstić information content (AvgIpc) is 2.32. The van der Waals surface area contributed by atoms with Crippen LogP contribution in [0.4, 0.5) is 14.5 Å². The van der Waals surface area contributed by atoms with Crippen LogP contribution in [0.2, 0.25) is 5.02 Å². The Balaban J connectivity index is 2.09. The van der Waals surface area contributed by atoms with E-state index in [1.54, 1.807) is 25.1 Å². The molecule has 0 fully saturated rings. The van der Waals surface area contributed by atoms with Crippen molar-refractivity contribution < 1.29 is 8.78 Å². The zero-order valence-electron chi connectivity index (χ0n) is 9.81. The van der Waals surface area contributed by atoms with Gasteiger partial charge in [-0.2, -0.15) is 0 Å². The van der Waals surface area contributed by atoms with Crippen molar-refractivity contribution in [3.05, 3.63) is 64.2 Å². The van der Waals surface area contributed by atoms with E-state index in [0.717, 1.165) is 5.56 Å². The maximum absolute atomic E-state index is 13.1. The number of rotatable bonds is 3. The summed E-state index contributed by atoms with van der Waals surface area (Å²) < 4.78 is 25.9. The van der Waals surface area contributed by atoms with Gasteiger partial charge in [0.25, 0.3) is 0 Å². The third-order valence-electron chi connectivity index (χ3n) is 2.64. The standard InChI is InChI=1S/C14H12ClF2N/c1-9-6-10(2-4-13(9)17)8-18-14-5-3-11(16)7-12(14)15/h2-7,18H,8H2,1H3. The van der Waals surface area contributed by atoms with Crippen molar-refractivity contribution in [3.63, 3.8) is 0 Å². The quantitative estimate of drug-likeness (QED) is 0.861. The van der Waals surface area contributed by atoms with Crippen LogP contribution in [0, 0.1) is 18.6 Å². The lowest BCUT2D eigenvalue weighted by Crippen LogP contribution is -2.01. The van der Waals surface area contributed by atoms with Gasteiger partial charge in [0.2, 0.25) is 0 Å². The smallest absolute Gasteiger partial charge is 0.126 e. The molecule has 0 aromatic heterocycles. The molecular weight excluding hydrogens is 256 g/mol. The monoisotopic (exact) mass is 267 g/mol. The van der Waals surface area contributed by atoms with Gasteiger partial charge in [0.1, 0.15) is 11.6 Å². The summed E-state index contributed by atoms with van der Waals surface area (Å²) in [4.78, 5) is 0. The Labute approximate surface area is 109 Å². The second kappa shape index (κ2) is 5.36. The lowest BCUT2D eigenvalue weighted by molar-refractivity contribution is 0.617. The number of halogens is 3. The van der Waals surface area contributed by atoms with Gasteiger partial charge < -0.3 is 5.32 Å². The van der Waals surface area contributed by atoms with Crippen LogP contribution in [-0.4, -0.2) is 0 Å². The van der Waals surface area contributed by atoms with E-state index in [1.807, 2.05) is 0 Å². The van der Waals surface area contributed by atoms with E-state index in [4.69, 9.17) is 11.6 Å². The maximum atomic E-state index is 13.1. The Hall–Kier alpha value is -1.61. The van der Waals surface area contributed by atoms with Crippen molar-refractivity contribution in [2.75, 3.05) is 5.32 Å². The second-order valence-corrected chi connectivity index (χ2v) is 4.47. The SMILES string of the molecule is Cc1cc(CNc2ccc(F)cc2Cl)ccc1F. The number of benzene rings is 2. The second-order valence-electron chi connectivity index (χ2n) is 4.06. The molecule has 0 atom stereocenters. The summed E-state index contributed by atoms with van der Waals surface area (Å²) in [6.07, 6.45) is 0. The number of nitrogens with one attached hydrogen (secondary N) is 1. The molecule has 0 radical (unpaired) electrons. The van der Waals surface area contributed by atoms with Crippen LogP contribution in [-0.2, 0) is 6.54 Å². The van der Waals surface area contributed by atoms with Gasteiger partial charge in [0, 0.05) is 6.54 Å². The molecule has 1 nitrogen and oxygen atoms in total. The summed E-state index contributed by atoms with van der Waals surface area (Å²) in [5, 5.41) is 3.41. The minimum atomic E-state index is -0.372. The summed E-state index contributed by atoms with van der Waals surface area (Å²) in [6, 6.07) is 9.06. The topological polar surface area (TPSA) is 12.0 Å². The number of hydrogen-bond donors (Lipinski definition) is 1. The fourth-order valence-corrected chi connectivity index (χ4v) is 1.88. The zero-order chi connectivity index (χ0) is 13.1. The van der Waals surface area contributed by atoms with Gasteiger partial charge in [-0.25, -0.2) is 8.78 Å². The molecule has 1 N–H and O–H groups in total. The highest BCUT2D eigenvalue weighted by Crippen LogP contribution is 2.23. The van der Waals surface area contributed by atoms with Gasteiger partial charge in [-0.05, 0) is 42.3 Å². The highest BCUT2D eigenvalue weighted by Gasteiger charge is 2.03. The Morgan fingerprint density at radius 1 is 1.11 bits per heavy atom. The molecule has 0 saturated heterocycles. The zero-order valence-corrected chi connectivity index (χ0v) is 10.6. The predicted octanol–water partition coefficient (Wildman–Crippen LogP) is 4.54. The summed E-state index contributed by atoms with van der Waals surface area (Å²) in [5.74, 6) is -0.596. The van der Waals surface area contributed by atoms with Crippen LogP contribution in [0.1, 0.15) is 11.1 Å². The fourth-order valence-electron chi connectivity index (χ4n) is 1.65. The fraction of sp³-hybridized carbons (Fsp3) is 0.143. The van der Waals surface area contributed by atoms with Crippen molar-refractivity contribution in [2.45, 2.75) is 13.5 Å². The molecule has 0 saturated carbocycles. The van der Waals surface area contributed by atoms with E-state index in [2.05, 4.69) is 5.32 Å². The van der Waals surface area contributed by atoms with E-state index in [-0.39, 0.29) is 11.6 Å². The molecule has 94 valence electrons. The van der Waals surface area contributed by atoms with Crippen LogP contribution < -0.4 is 5.32 Å². The number of hydrogen-bond acceptors (Lipinski definition) is 1. The molecular formula is C14H12ClF2N. The highest BCUT2D eigenvalue weighted by atomic mass is 35.5. The Morgan fingerprint density at radius 3 is 2.56 bits per heavy atom. The predicted molar refractivity (Wildman–Crippen MR) is 69.9 cm³/mol. The van der Waals surface area contributed by atoms with Crippen molar-refractivity contribution in [2.24, 2.45) is 0 Å². The first-order valence-electron chi connectivity index (χ1n) is 5.50. The number of anilines is 1. The molecule has 2 rings (SSSR count). The third kappa shape index (κ3) is 2.99. The molecule has 0 unspecified atom stereocenters. The molecule has 0 aliphatic heterocycles. The Kier molecular flexibility index (Phi) is 3.82. The normalized spacial score (nSPS) is 10.4. The lowest BCUT2D eigenvalue weighted by Gasteiger charge is -2.09. The molecule has 2 aromatic rings. The van der Waals surface area contributed by atoms with Crippen molar-refractivity contribution in [1.82, 2.24) is 0 Å². The van der Waals surface area contributed by atoms with Gasteiger partial charge in [0.05, 0.1) is 10.7 Å². The molecule has 18 heavy (non-hydrogen) atoms. The first kappa shape index (κ1) is 12.8. The maximum Gasteiger partial charge on any atom is 0.126 e. The van der Waals surface area contributed by atoms with Gasteiger partial charge in [0.15, 0.2) is 0 Å². The van der Waals surface area contributed by atoms with Gasteiger partial charge >= 0.3 is 0 Å². The molecule has 4 heteroatoms. The minimum Gasteiger partial charge on any atom is -0.380 e. The Morgan fingerprint density at radius 2 is 1.89 bits per heavy atom. The van der Waals surface area contributed by atoms with E-state index in [1.165, 1.54) is 18.2 Å². The molecule has 2 aromatic carbocycles. The van der Waals surface area contributed by atoms with Crippen LogP contribution in [0.3, 0.4) is 0 Å². The van der Waals surface area contributed by atoms with E-state index in [0.29, 0.717) is 22.8 Å². The van der Waals surface area contributed by atoms with Crippen LogP contribution in [0.25, 0.3) is 0 Å². The van der Waals surface area contributed by atoms with E-state index in [9.17, 15) is 8.78 Å². The lowest BCUT2D eigenvalue weighted by atomic mass is 10.1. The van der Waals surface area contributed by atoms with E-state index < -0.39 is 0 Å². The van der Waals surface area contributed by atoms with Gasteiger partial charge in [-0.1, -0.05) is 23.7 Å². The minimum absolute atomic E-state index is 0.224. The van der Waals surface area contributed by atoms with Crippen LogP contribution in [0.5, 0.6) is 0 Å². The number of aryl methyl sites for hydroxylation is 1. The first-order chi connectivity index (χ1) is 8.56. The van der Waals surface area contributed by atoms with Gasteiger partial charge in [-0.3, -0.25) is 0 Å². The molecule has 0 aliphatic rings. The molecule has 0 amide bonds. The molecule has 0 bridgehead atoms. The van der Waals surface area contributed by atoms with Crippen LogP contribution >= 0.6 is 11.6 Å². The van der Waals surface area contributed by atoms with E-state index >= 15 is 0 Å². The van der Waals surface area contributed by atoms with Gasteiger partial charge in [-0.15, -0.1) is 0 Å². The van der Waals surface area contributed by atoms with Crippen LogP contribution in [0.15, 0.2) is 36.4 Å². The first-order valence-corrected chi connectivity index (χ1v) is 5.88. The molecule has 0 heterocycles. The van der Waals surface area contributed by atoms with Crippen molar-refractivity contribution in [1.29, 1.82) is 0 Å². The van der Waals surface area contributed by atoms with Crippen molar-refractivity contribution in [3.8, 4) is 0 Å². The largest absolute Gasteiger partial charge is 0.380 e. The highest BCUT2D eigenvalue weighted by molar-refractivity contribution is 6.33. The van der Waals surface area contributed by atoms with Crippen molar-refractivity contribution >= 4 is 17.3 Å².